The Morgan fingerprint density at radius 1 is 1.29 bits per heavy atom. The van der Waals surface area contributed by atoms with E-state index in [1.807, 2.05) is 18.2 Å². The third-order valence-corrected chi connectivity index (χ3v) is 2.94. The van der Waals surface area contributed by atoms with Crippen molar-refractivity contribution in [2.24, 2.45) is 5.92 Å². The van der Waals surface area contributed by atoms with E-state index in [4.69, 9.17) is 16.3 Å². The molecule has 0 radical (unpaired) electrons. The molecular formula is C14H22ClNO. The molecule has 1 N–H and O–H groups in total. The lowest BCUT2D eigenvalue weighted by Gasteiger charge is -2.17. The van der Waals surface area contributed by atoms with Gasteiger partial charge >= 0.3 is 0 Å². The Hall–Kier alpha value is -0.730. The van der Waals surface area contributed by atoms with E-state index >= 15 is 0 Å². The zero-order valence-electron chi connectivity index (χ0n) is 11.1. The topological polar surface area (TPSA) is 21.3 Å². The molecule has 1 atom stereocenters. The molecule has 0 aliphatic rings. The molecule has 0 aliphatic carbocycles. The van der Waals surface area contributed by atoms with E-state index in [0.717, 1.165) is 22.9 Å². The van der Waals surface area contributed by atoms with Gasteiger partial charge in [-0.15, -0.1) is 0 Å². The molecule has 1 aromatic rings. The molecule has 3 heteroatoms. The number of methoxy groups -OCH3 is 1. The van der Waals surface area contributed by atoms with Crippen LogP contribution < -0.4 is 10.1 Å². The van der Waals surface area contributed by atoms with Crippen LogP contribution in [0.1, 0.15) is 32.8 Å². The van der Waals surface area contributed by atoms with Crippen LogP contribution >= 0.6 is 11.6 Å². The Morgan fingerprint density at radius 3 is 2.59 bits per heavy atom. The smallest absolute Gasteiger partial charge is 0.123 e. The van der Waals surface area contributed by atoms with Gasteiger partial charge in [-0.2, -0.15) is 0 Å². The van der Waals surface area contributed by atoms with E-state index in [-0.39, 0.29) is 0 Å². The van der Waals surface area contributed by atoms with Gasteiger partial charge in [0.15, 0.2) is 0 Å². The van der Waals surface area contributed by atoms with Crippen LogP contribution in [0.15, 0.2) is 18.2 Å². The van der Waals surface area contributed by atoms with Gasteiger partial charge in [0.05, 0.1) is 7.11 Å². The van der Waals surface area contributed by atoms with Gasteiger partial charge in [0.2, 0.25) is 0 Å². The normalized spacial score (nSPS) is 12.8. The summed E-state index contributed by atoms with van der Waals surface area (Å²) in [6, 6.07) is 6.21. The van der Waals surface area contributed by atoms with Crippen LogP contribution in [-0.2, 0) is 6.54 Å². The first kappa shape index (κ1) is 14.3. The fourth-order valence-corrected chi connectivity index (χ4v) is 2.15. The van der Waals surface area contributed by atoms with Crippen molar-refractivity contribution in [2.75, 3.05) is 7.11 Å². The summed E-state index contributed by atoms with van der Waals surface area (Å²) in [5, 5.41) is 4.24. The number of benzene rings is 1. The minimum atomic E-state index is 0.499. The monoisotopic (exact) mass is 255 g/mol. The van der Waals surface area contributed by atoms with Crippen LogP contribution in [-0.4, -0.2) is 13.2 Å². The van der Waals surface area contributed by atoms with E-state index in [0.29, 0.717) is 12.0 Å². The molecule has 1 rings (SSSR count). The zero-order chi connectivity index (χ0) is 12.8. The highest BCUT2D eigenvalue weighted by Gasteiger charge is 2.07. The lowest BCUT2D eigenvalue weighted by molar-refractivity contribution is 0.400. The van der Waals surface area contributed by atoms with Crippen LogP contribution in [0.5, 0.6) is 5.75 Å². The van der Waals surface area contributed by atoms with Crippen molar-refractivity contribution in [1.29, 1.82) is 0 Å². The maximum atomic E-state index is 5.99. The summed E-state index contributed by atoms with van der Waals surface area (Å²) in [7, 11) is 1.68. The zero-order valence-corrected chi connectivity index (χ0v) is 11.8. The van der Waals surface area contributed by atoms with E-state index in [9.17, 15) is 0 Å². The molecular weight excluding hydrogens is 234 g/mol. The number of nitrogens with one attached hydrogen (secondary N) is 1. The molecule has 0 saturated carbocycles. The maximum absolute atomic E-state index is 5.99. The predicted octanol–water partition coefficient (Wildman–Crippen LogP) is 3.87. The van der Waals surface area contributed by atoms with Gasteiger partial charge in [0.25, 0.3) is 0 Å². The summed E-state index contributed by atoms with van der Waals surface area (Å²) in [5.41, 5.74) is 1.11. The molecule has 17 heavy (non-hydrogen) atoms. The number of hydrogen-bond donors (Lipinski definition) is 1. The first-order chi connectivity index (χ1) is 8.02. The largest absolute Gasteiger partial charge is 0.496 e. The van der Waals surface area contributed by atoms with Gasteiger partial charge < -0.3 is 10.1 Å². The summed E-state index contributed by atoms with van der Waals surface area (Å²) in [5.74, 6) is 1.59. The van der Waals surface area contributed by atoms with Crippen molar-refractivity contribution in [3.8, 4) is 5.75 Å². The molecule has 96 valence electrons. The van der Waals surface area contributed by atoms with Gasteiger partial charge in [-0.25, -0.2) is 0 Å². The Balaban J connectivity index is 2.58. The van der Waals surface area contributed by atoms with Crippen molar-refractivity contribution >= 4 is 11.6 Å². The van der Waals surface area contributed by atoms with Crippen molar-refractivity contribution in [2.45, 2.75) is 39.8 Å². The van der Waals surface area contributed by atoms with Crippen LogP contribution in [0.3, 0.4) is 0 Å². The molecule has 2 nitrogen and oxygen atoms in total. The molecule has 0 heterocycles. The first-order valence-corrected chi connectivity index (χ1v) is 6.46. The maximum Gasteiger partial charge on any atom is 0.123 e. The molecule has 0 bridgehead atoms. The molecule has 0 amide bonds. The molecule has 0 saturated heterocycles. The fraction of sp³-hybridized carbons (Fsp3) is 0.571. The summed E-state index contributed by atoms with van der Waals surface area (Å²) >= 11 is 5.99. The highest BCUT2D eigenvalue weighted by atomic mass is 35.5. The van der Waals surface area contributed by atoms with Gasteiger partial charge in [0.1, 0.15) is 5.75 Å². The third-order valence-electron chi connectivity index (χ3n) is 2.71. The fourth-order valence-electron chi connectivity index (χ4n) is 1.96. The third kappa shape index (κ3) is 4.97. The van der Waals surface area contributed by atoms with E-state index < -0.39 is 0 Å². The molecule has 0 aliphatic heterocycles. The predicted molar refractivity (Wildman–Crippen MR) is 73.8 cm³/mol. The number of ether oxygens (including phenoxy) is 1. The molecule has 1 unspecified atom stereocenters. The van der Waals surface area contributed by atoms with E-state index in [2.05, 4.69) is 26.1 Å². The van der Waals surface area contributed by atoms with Gasteiger partial charge in [-0.05, 0) is 37.5 Å². The standard InChI is InChI=1S/C14H22ClNO/c1-10(2)7-11(3)16-9-12-8-13(15)5-6-14(12)17-4/h5-6,8,10-11,16H,7,9H2,1-4H3. The van der Waals surface area contributed by atoms with Gasteiger partial charge in [0, 0.05) is 23.2 Å². The Bertz CT molecular complexity index is 352. The summed E-state index contributed by atoms with van der Waals surface area (Å²) in [6.07, 6.45) is 1.17. The first-order valence-electron chi connectivity index (χ1n) is 6.08. The average Bonchev–Trinajstić information content (AvgIpc) is 2.25. The number of halogens is 1. The second kappa shape index (κ2) is 6.87. The number of rotatable bonds is 6. The van der Waals surface area contributed by atoms with E-state index in [1.54, 1.807) is 7.11 Å². The summed E-state index contributed by atoms with van der Waals surface area (Å²) in [6.45, 7) is 7.46. The van der Waals surface area contributed by atoms with Gasteiger partial charge in [-0.1, -0.05) is 25.4 Å². The number of hydrogen-bond acceptors (Lipinski definition) is 2. The van der Waals surface area contributed by atoms with Crippen molar-refractivity contribution in [1.82, 2.24) is 5.32 Å². The van der Waals surface area contributed by atoms with Crippen LogP contribution in [0.4, 0.5) is 0 Å². The second-order valence-electron chi connectivity index (χ2n) is 4.87. The lowest BCUT2D eigenvalue weighted by atomic mass is 10.0. The molecule has 0 fully saturated rings. The molecule has 0 aromatic heterocycles. The summed E-state index contributed by atoms with van der Waals surface area (Å²) in [4.78, 5) is 0. The Labute approximate surface area is 109 Å². The van der Waals surface area contributed by atoms with Crippen LogP contribution in [0, 0.1) is 5.92 Å². The SMILES string of the molecule is COc1ccc(Cl)cc1CNC(C)CC(C)C. The quantitative estimate of drug-likeness (QED) is 0.833. The van der Waals surface area contributed by atoms with Crippen molar-refractivity contribution < 1.29 is 4.74 Å². The lowest BCUT2D eigenvalue weighted by Crippen LogP contribution is -2.27. The second-order valence-corrected chi connectivity index (χ2v) is 5.30. The Morgan fingerprint density at radius 2 is 2.00 bits per heavy atom. The van der Waals surface area contributed by atoms with Crippen molar-refractivity contribution in [3.05, 3.63) is 28.8 Å². The molecule has 1 aromatic carbocycles. The van der Waals surface area contributed by atoms with Crippen molar-refractivity contribution in [3.63, 3.8) is 0 Å². The molecule has 0 spiro atoms. The average molecular weight is 256 g/mol. The minimum Gasteiger partial charge on any atom is -0.496 e. The highest BCUT2D eigenvalue weighted by molar-refractivity contribution is 6.30. The highest BCUT2D eigenvalue weighted by Crippen LogP contribution is 2.22. The van der Waals surface area contributed by atoms with Gasteiger partial charge in [-0.3, -0.25) is 0 Å². The Kier molecular flexibility index (Phi) is 5.79. The summed E-state index contributed by atoms with van der Waals surface area (Å²) < 4.78 is 5.32. The minimum absolute atomic E-state index is 0.499. The van der Waals surface area contributed by atoms with E-state index in [1.165, 1.54) is 6.42 Å². The van der Waals surface area contributed by atoms with Crippen LogP contribution in [0.2, 0.25) is 5.02 Å². The van der Waals surface area contributed by atoms with Crippen LogP contribution in [0.25, 0.3) is 0 Å².